The van der Waals surface area contributed by atoms with Crippen molar-refractivity contribution in [1.29, 1.82) is 0 Å². The third-order valence-electron chi connectivity index (χ3n) is 4.72. The summed E-state index contributed by atoms with van der Waals surface area (Å²) in [6.07, 6.45) is 1.62. The van der Waals surface area contributed by atoms with E-state index >= 15 is 0 Å². The Morgan fingerprint density at radius 1 is 1.08 bits per heavy atom. The Hall–Kier alpha value is -1.02. The number of carboxylic acids is 1. The largest absolute Gasteiger partial charge is 0.481 e. The second kappa shape index (κ2) is 8.89. The number of nitrogens with one attached hydrogen (secondary N) is 1. The monoisotopic (exact) mass is 372 g/mol. The average molecular weight is 373 g/mol. The molecular weight excluding hydrogens is 349 g/mol. The van der Waals surface area contributed by atoms with Crippen LogP contribution in [0.4, 0.5) is 13.2 Å². The predicted octanol–water partition coefficient (Wildman–Crippen LogP) is 2.44. The van der Waals surface area contributed by atoms with Crippen molar-refractivity contribution >= 4 is 24.3 Å². The van der Waals surface area contributed by atoms with Crippen LogP contribution in [0, 0.1) is 11.8 Å². The molecule has 0 unspecified atom stereocenters. The molecule has 0 aromatic heterocycles. The first-order valence-electron chi connectivity index (χ1n) is 8.08. The van der Waals surface area contributed by atoms with Crippen LogP contribution < -0.4 is 5.32 Å². The van der Waals surface area contributed by atoms with Crippen LogP contribution in [0.25, 0.3) is 0 Å². The zero-order valence-electron chi connectivity index (χ0n) is 13.3. The molecule has 1 aliphatic heterocycles. The van der Waals surface area contributed by atoms with Crippen molar-refractivity contribution in [2.45, 2.75) is 50.7 Å². The van der Waals surface area contributed by atoms with Gasteiger partial charge in [-0.25, -0.2) is 0 Å². The van der Waals surface area contributed by atoms with Crippen LogP contribution in [0.3, 0.4) is 0 Å². The SMILES string of the molecule is Cl.O=C(CN1C[C@@H](C(F)(F)F)[C@H](C(=O)O)C1)NC1CCCCCC1. The number of alkyl halides is 3. The molecule has 1 saturated heterocycles. The number of rotatable bonds is 4. The molecule has 1 aliphatic carbocycles. The lowest BCUT2D eigenvalue weighted by molar-refractivity contribution is -0.188. The van der Waals surface area contributed by atoms with E-state index in [4.69, 9.17) is 5.11 Å². The predicted molar refractivity (Wildman–Crippen MR) is 84.0 cm³/mol. The van der Waals surface area contributed by atoms with Crippen LogP contribution in [0.5, 0.6) is 0 Å². The van der Waals surface area contributed by atoms with Gasteiger partial charge in [0.1, 0.15) is 0 Å². The number of likely N-dealkylation sites (tertiary alicyclic amines) is 1. The summed E-state index contributed by atoms with van der Waals surface area (Å²) in [5.41, 5.74) is 0. The smallest absolute Gasteiger partial charge is 0.393 e. The lowest BCUT2D eigenvalue weighted by Crippen LogP contribution is -2.41. The Morgan fingerprint density at radius 3 is 2.12 bits per heavy atom. The standard InChI is InChI=1S/C15H23F3N2O3.ClH/c16-15(17,18)12-8-20(7-11(12)14(22)23)9-13(21)19-10-5-3-1-2-4-6-10;/h10-12H,1-9H2,(H,19,21)(H,22,23);1H/t11-,12-;/m1./s1. The molecule has 0 radical (unpaired) electrons. The van der Waals surface area contributed by atoms with Crippen LogP contribution in [0.2, 0.25) is 0 Å². The van der Waals surface area contributed by atoms with Gasteiger partial charge in [-0.05, 0) is 12.8 Å². The van der Waals surface area contributed by atoms with E-state index in [-0.39, 0.29) is 37.4 Å². The van der Waals surface area contributed by atoms with Gasteiger partial charge in [-0.1, -0.05) is 25.7 Å². The third kappa shape index (κ3) is 5.81. The number of halogens is 4. The van der Waals surface area contributed by atoms with Gasteiger partial charge in [0.05, 0.1) is 18.4 Å². The fraction of sp³-hybridized carbons (Fsp3) is 0.867. The molecule has 2 aliphatic rings. The summed E-state index contributed by atoms with van der Waals surface area (Å²) >= 11 is 0. The topological polar surface area (TPSA) is 69.6 Å². The van der Waals surface area contributed by atoms with Gasteiger partial charge >= 0.3 is 12.1 Å². The van der Waals surface area contributed by atoms with Gasteiger partial charge in [0, 0.05) is 19.1 Å². The number of carbonyl (C=O) groups excluding carboxylic acids is 1. The molecule has 1 saturated carbocycles. The van der Waals surface area contributed by atoms with E-state index in [1.807, 2.05) is 0 Å². The van der Waals surface area contributed by atoms with E-state index in [1.165, 1.54) is 4.90 Å². The fourth-order valence-electron chi connectivity index (χ4n) is 3.50. The Bertz CT molecular complexity index is 440. The summed E-state index contributed by atoms with van der Waals surface area (Å²) in [7, 11) is 0. The van der Waals surface area contributed by atoms with Crippen LogP contribution in [-0.2, 0) is 9.59 Å². The number of hydrogen-bond acceptors (Lipinski definition) is 3. The second-order valence-electron chi connectivity index (χ2n) is 6.54. The summed E-state index contributed by atoms with van der Waals surface area (Å²) in [6.45, 7) is -0.844. The molecule has 2 N–H and O–H groups in total. The minimum Gasteiger partial charge on any atom is -0.481 e. The number of aliphatic carboxylic acids is 1. The van der Waals surface area contributed by atoms with E-state index in [0.717, 1.165) is 38.5 Å². The highest BCUT2D eigenvalue weighted by Crippen LogP contribution is 2.37. The molecule has 2 rings (SSSR count). The molecule has 0 bridgehead atoms. The molecule has 0 aromatic carbocycles. The molecule has 5 nitrogen and oxygen atoms in total. The zero-order valence-corrected chi connectivity index (χ0v) is 14.2. The molecule has 1 amide bonds. The van der Waals surface area contributed by atoms with Crippen LogP contribution >= 0.6 is 12.4 Å². The van der Waals surface area contributed by atoms with Gasteiger partial charge < -0.3 is 10.4 Å². The lowest BCUT2D eigenvalue weighted by atomic mass is 9.96. The lowest BCUT2D eigenvalue weighted by Gasteiger charge is -2.20. The van der Waals surface area contributed by atoms with Crippen LogP contribution in [-0.4, -0.2) is 53.7 Å². The van der Waals surface area contributed by atoms with Gasteiger partial charge in [-0.2, -0.15) is 13.2 Å². The number of carbonyl (C=O) groups is 2. The van der Waals surface area contributed by atoms with Crippen molar-refractivity contribution in [1.82, 2.24) is 10.2 Å². The van der Waals surface area contributed by atoms with Crippen LogP contribution in [0.1, 0.15) is 38.5 Å². The maximum Gasteiger partial charge on any atom is 0.393 e. The van der Waals surface area contributed by atoms with Gasteiger partial charge in [0.25, 0.3) is 0 Å². The Labute approximate surface area is 145 Å². The zero-order chi connectivity index (χ0) is 17.0. The third-order valence-corrected chi connectivity index (χ3v) is 4.72. The minimum absolute atomic E-state index is 0. The Kier molecular flexibility index (Phi) is 7.79. The summed E-state index contributed by atoms with van der Waals surface area (Å²) < 4.78 is 38.7. The first kappa shape index (κ1) is 21.0. The van der Waals surface area contributed by atoms with Crippen molar-refractivity contribution in [3.63, 3.8) is 0 Å². The van der Waals surface area contributed by atoms with Crippen molar-refractivity contribution < 1.29 is 27.9 Å². The maximum absolute atomic E-state index is 12.9. The minimum atomic E-state index is -4.56. The number of carboxylic acid groups (broad SMARTS) is 1. The molecule has 2 atom stereocenters. The van der Waals surface area contributed by atoms with Crippen molar-refractivity contribution in [3.05, 3.63) is 0 Å². The molecule has 140 valence electrons. The van der Waals surface area contributed by atoms with Gasteiger partial charge in [-0.3, -0.25) is 14.5 Å². The first-order chi connectivity index (χ1) is 10.8. The first-order valence-corrected chi connectivity index (χ1v) is 8.08. The number of hydrogen-bond donors (Lipinski definition) is 2. The van der Waals surface area contributed by atoms with E-state index in [9.17, 15) is 22.8 Å². The Balaban J connectivity index is 0.00000288. The van der Waals surface area contributed by atoms with E-state index in [0.29, 0.717) is 0 Å². The molecule has 24 heavy (non-hydrogen) atoms. The summed E-state index contributed by atoms with van der Waals surface area (Å²) in [5.74, 6) is -5.19. The summed E-state index contributed by atoms with van der Waals surface area (Å²) in [4.78, 5) is 24.3. The van der Waals surface area contributed by atoms with Crippen molar-refractivity contribution in [2.24, 2.45) is 11.8 Å². The van der Waals surface area contributed by atoms with Gasteiger partial charge in [0.15, 0.2) is 0 Å². The molecular formula is C15H24ClF3N2O3. The average Bonchev–Trinajstić information content (AvgIpc) is 2.70. The highest BCUT2D eigenvalue weighted by atomic mass is 35.5. The van der Waals surface area contributed by atoms with Gasteiger partial charge in [-0.15, -0.1) is 12.4 Å². The summed E-state index contributed by atoms with van der Waals surface area (Å²) in [6, 6.07) is 0.0845. The molecule has 2 fully saturated rings. The highest BCUT2D eigenvalue weighted by molar-refractivity contribution is 5.85. The fourth-order valence-corrected chi connectivity index (χ4v) is 3.50. The maximum atomic E-state index is 12.9. The van der Waals surface area contributed by atoms with E-state index in [2.05, 4.69) is 5.32 Å². The molecule has 0 aromatic rings. The number of amides is 1. The summed E-state index contributed by atoms with van der Waals surface area (Å²) in [5, 5.41) is 11.8. The van der Waals surface area contributed by atoms with E-state index in [1.54, 1.807) is 0 Å². The van der Waals surface area contributed by atoms with Crippen molar-refractivity contribution in [2.75, 3.05) is 19.6 Å². The molecule has 9 heteroatoms. The quantitative estimate of drug-likeness (QED) is 0.744. The number of nitrogens with zero attached hydrogens (tertiary/aromatic N) is 1. The molecule has 1 heterocycles. The van der Waals surface area contributed by atoms with Gasteiger partial charge in [0.2, 0.25) is 5.91 Å². The van der Waals surface area contributed by atoms with Crippen LogP contribution in [0.15, 0.2) is 0 Å². The second-order valence-corrected chi connectivity index (χ2v) is 6.54. The van der Waals surface area contributed by atoms with E-state index < -0.39 is 30.5 Å². The van der Waals surface area contributed by atoms with Crippen molar-refractivity contribution in [3.8, 4) is 0 Å². The normalized spacial score (nSPS) is 26.5. The molecule has 0 spiro atoms. The Morgan fingerprint density at radius 2 is 1.67 bits per heavy atom. The highest BCUT2D eigenvalue weighted by Gasteiger charge is 2.52.